The molecule has 8 nitrogen and oxygen atoms in total. The Bertz CT molecular complexity index is 1250. The third-order valence-corrected chi connectivity index (χ3v) is 4.44. The largest absolute Gasteiger partial charge is 0.324 e. The molecule has 0 unspecified atom stereocenters. The number of anilines is 1. The number of fused-ring (bicyclic) bond motifs is 1. The molecule has 4 aromatic rings. The molecule has 2 aromatic carbocycles. The number of nitrogens with zero attached hydrogens (tertiary/aromatic N) is 5. The molecule has 0 fully saturated rings. The Hall–Kier alpha value is -3.88. The zero-order valence-corrected chi connectivity index (χ0v) is 15.5. The first-order valence-corrected chi connectivity index (χ1v) is 8.90. The van der Waals surface area contributed by atoms with E-state index >= 15 is 0 Å². The van der Waals surface area contributed by atoms with Crippen molar-refractivity contribution in [1.82, 2.24) is 24.5 Å². The molecule has 146 valence electrons. The Balaban J connectivity index is 1.54. The lowest BCUT2D eigenvalue weighted by Gasteiger charge is -2.08. The molecule has 1 amide bonds. The number of aromatic nitrogens is 5. The summed E-state index contributed by atoms with van der Waals surface area (Å²) in [6.07, 6.45) is 1.28. The zero-order chi connectivity index (χ0) is 20.4. The van der Waals surface area contributed by atoms with Gasteiger partial charge in [0.1, 0.15) is 18.7 Å². The van der Waals surface area contributed by atoms with Crippen LogP contribution in [-0.2, 0) is 17.9 Å². The summed E-state index contributed by atoms with van der Waals surface area (Å²) in [5.74, 6) is -0.897. The van der Waals surface area contributed by atoms with Gasteiger partial charge in [-0.15, -0.1) is 5.10 Å². The lowest BCUT2D eigenvalue weighted by molar-refractivity contribution is -0.116. The van der Waals surface area contributed by atoms with Crippen molar-refractivity contribution in [2.45, 2.75) is 20.0 Å². The number of amides is 1. The number of carbonyl (C=O) groups is 1. The van der Waals surface area contributed by atoms with Crippen molar-refractivity contribution >= 4 is 22.8 Å². The van der Waals surface area contributed by atoms with Crippen molar-refractivity contribution in [1.29, 1.82) is 0 Å². The topological polar surface area (TPSA) is 94.7 Å². The molecule has 9 heteroatoms. The summed E-state index contributed by atoms with van der Waals surface area (Å²) in [6, 6.07) is 14.0. The van der Waals surface area contributed by atoms with Crippen molar-refractivity contribution in [3.8, 4) is 0 Å². The predicted octanol–water partition coefficient (Wildman–Crippen LogP) is 2.12. The molecule has 29 heavy (non-hydrogen) atoms. The molecule has 2 heterocycles. The highest BCUT2D eigenvalue weighted by atomic mass is 19.1. The number of carbonyl (C=O) groups excluding carboxylic acids is 1. The van der Waals surface area contributed by atoms with Crippen molar-refractivity contribution in [2.24, 2.45) is 0 Å². The maximum absolute atomic E-state index is 13.6. The highest BCUT2D eigenvalue weighted by molar-refractivity contribution is 5.90. The van der Waals surface area contributed by atoms with E-state index in [0.717, 1.165) is 10.1 Å². The van der Waals surface area contributed by atoms with Gasteiger partial charge in [-0.2, -0.15) is 0 Å². The van der Waals surface area contributed by atoms with E-state index in [1.165, 1.54) is 17.1 Å². The molecule has 0 atom stereocenters. The van der Waals surface area contributed by atoms with Crippen LogP contribution in [0.1, 0.15) is 11.1 Å². The zero-order valence-electron chi connectivity index (χ0n) is 15.5. The van der Waals surface area contributed by atoms with Gasteiger partial charge in [0, 0.05) is 5.69 Å². The Labute approximate surface area is 164 Å². The van der Waals surface area contributed by atoms with Gasteiger partial charge in [0.2, 0.25) is 5.91 Å². The molecule has 2 aromatic heterocycles. The first-order valence-electron chi connectivity index (χ1n) is 8.90. The van der Waals surface area contributed by atoms with Crippen LogP contribution in [0.2, 0.25) is 0 Å². The molecule has 0 saturated carbocycles. The minimum atomic E-state index is -0.479. The van der Waals surface area contributed by atoms with E-state index in [1.807, 2.05) is 30.3 Å². The maximum atomic E-state index is 13.6. The maximum Gasteiger partial charge on any atom is 0.283 e. The summed E-state index contributed by atoms with van der Waals surface area (Å²) in [4.78, 5) is 29.1. The van der Waals surface area contributed by atoms with Gasteiger partial charge in [-0.1, -0.05) is 41.6 Å². The van der Waals surface area contributed by atoms with Crippen LogP contribution in [-0.4, -0.2) is 30.5 Å². The Morgan fingerprint density at radius 1 is 1.17 bits per heavy atom. The second-order valence-electron chi connectivity index (χ2n) is 6.59. The van der Waals surface area contributed by atoms with Crippen molar-refractivity contribution < 1.29 is 9.18 Å². The molecule has 0 aliphatic heterocycles. The molecule has 0 bridgehead atoms. The van der Waals surface area contributed by atoms with Gasteiger partial charge in [0.05, 0.1) is 6.54 Å². The van der Waals surface area contributed by atoms with E-state index < -0.39 is 17.3 Å². The summed E-state index contributed by atoms with van der Waals surface area (Å²) in [5, 5.41) is 10.5. The van der Waals surface area contributed by atoms with Crippen LogP contribution in [0.4, 0.5) is 10.1 Å². The highest BCUT2D eigenvalue weighted by Crippen LogP contribution is 2.13. The third kappa shape index (κ3) is 3.88. The van der Waals surface area contributed by atoms with E-state index in [0.29, 0.717) is 23.4 Å². The number of benzene rings is 2. The number of hydrogen-bond acceptors (Lipinski definition) is 5. The average molecular weight is 392 g/mol. The molecule has 0 aliphatic carbocycles. The Morgan fingerprint density at radius 2 is 1.97 bits per heavy atom. The number of nitrogens with one attached hydrogen (secondary N) is 1. The van der Waals surface area contributed by atoms with Crippen molar-refractivity contribution in [3.05, 3.63) is 82.2 Å². The minimum absolute atomic E-state index is 0.0811. The number of hydrogen-bond donors (Lipinski definition) is 1. The number of aryl methyl sites for hydroxylation is 1. The van der Waals surface area contributed by atoms with Gasteiger partial charge in [-0.25, -0.2) is 14.1 Å². The minimum Gasteiger partial charge on any atom is -0.324 e. The monoisotopic (exact) mass is 392 g/mol. The average Bonchev–Trinajstić information content (AvgIpc) is 3.11. The van der Waals surface area contributed by atoms with Crippen LogP contribution in [0.5, 0.6) is 0 Å². The summed E-state index contributed by atoms with van der Waals surface area (Å²) in [6.45, 7) is 1.78. The van der Waals surface area contributed by atoms with Crippen LogP contribution in [0, 0.1) is 12.7 Å². The fraction of sp³-hybridized carbons (Fsp3) is 0.150. The first kappa shape index (κ1) is 18.5. The molecule has 0 aliphatic rings. The normalized spacial score (nSPS) is 11.0. The van der Waals surface area contributed by atoms with E-state index in [1.54, 1.807) is 19.1 Å². The predicted molar refractivity (Wildman–Crippen MR) is 105 cm³/mol. The van der Waals surface area contributed by atoms with Gasteiger partial charge < -0.3 is 5.32 Å². The quantitative estimate of drug-likeness (QED) is 0.561. The fourth-order valence-electron chi connectivity index (χ4n) is 2.89. The number of halogens is 1. The van der Waals surface area contributed by atoms with E-state index in [9.17, 15) is 14.0 Å². The molecular weight excluding hydrogens is 375 g/mol. The standard InChI is InChI=1S/C20H17FN6O2/c1-13-7-8-15(9-16(13)21)23-17(28)11-26-12-22-19-18(20(26)29)24-25-27(19)10-14-5-3-2-4-6-14/h2-9,12H,10-11H2,1H3,(H,23,28). The van der Waals surface area contributed by atoms with Crippen molar-refractivity contribution in [3.63, 3.8) is 0 Å². The lowest BCUT2D eigenvalue weighted by atomic mass is 10.2. The molecule has 4 rings (SSSR count). The molecule has 1 N–H and O–H groups in total. The van der Waals surface area contributed by atoms with E-state index in [2.05, 4.69) is 20.6 Å². The fourth-order valence-corrected chi connectivity index (χ4v) is 2.89. The van der Waals surface area contributed by atoms with Crippen LogP contribution in [0.15, 0.2) is 59.7 Å². The molecule has 0 radical (unpaired) electrons. The van der Waals surface area contributed by atoms with Crippen LogP contribution < -0.4 is 10.9 Å². The second-order valence-corrected chi connectivity index (χ2v) is 6.59. The molecule has 0 spiro atoms. The Morgan fingerprint density at radius 3 is 2.72 bits per heavy atom. The second kappa shape index (κ2) is 7.63. The van der Waals surface area contributed by atoms with E-state index in [-0.39, 0.29) is 12.1 Å². The lowest BCUT2D eigenvalue weighted by Crippen LogP contribution is -2.28. The Kier molecular flexibility index (Phi) is 4.86. The summed E-state index contributed by atoms with van der Waals surface area (Å²) < 4.78 is 16.3. The summed E-state index contributed by atoms with van der Waals surface area (Å²) in [5.41, 5.74) is 1.74. The van der Waals surface area contributed by atoms with Gasteiger partial charge in [-0.3, -0.25) is 14.2 Å². The van der Waals surface area contributed by atoms with Crippen LogP contribution >= 0.6 is 0 Å². The van der Waals surface area contributed by atoms with Gasteiger partial charge >= 0.3 is 0 Å². The van der Waals surface area contributed by atoms with E-state index in [4.69, 9.17) is 0 Å². The third-order valence-electron chi connectivity index (χ3n) is 4.44. The summed E-state index contributed by atoms with van der Waals surface area (Å²) in [7, 11) is 0. The van der Waals surface area contributed by atoms with Gasteiger partial charge in [0.25, 0.3) is 5.56 Å². The van der Waals surface area contributed by atoms with Gasteiger partial charge in [-0.05, 0) is 30.2 Å². The smallest absolute Gasteiger partial charge is 0.283 e. The van der Waals surface area contributed by atoms with Crippen LogP contribution in [0.3, 0.4) is 0 Å². The van der Waals surface area contributed by atoms with Crippen molar-refractivity contribution in [2.75, 3.05) is 5.32 Å². The molecular formula is C20H17FN6O2. The molecule has 0 saturated heterocycles. The first-order chi connectivity index (χ1) is 14.0. The number of rotatable bonds is 5. The summed E-state index contributed by atoms with van der Waals surface area (Å²) >= 11 is 0. The van der Waals surface area contributed by atoms with Crippen LogP contribution in [0.25, 0.3) is 11.2 Å². The highest BCUT2D eigenvalue weighted by Gasteiger charge is 2.14. The van der Waals surface area contributed by atoms with Gasteiger partial charge in [0.15, 0.2) is 11.2 Å². The SMILES string of the molecule is Cc1ccc(NC(=O)Cn2cnc3c(nnn3Cc3ccccc3)c2=O)cc1F.